The molecular weight excluding hydrogens is 480 g/mol. The van der Waals surface area contributed by atoms with Gasteiger partial charge in [0.2, 0.25) is 0 Å². The Kier molecular flexibility index (Phi) is 10.1. The summed E-state index contributed by atoms with van der Waals surface area (Å²) in [6, 6.07) is 16.9. The molecule has 0 aliphatic carbocycles. The van der Waals surface area contributed by atoms with Crippen LogP contribution in [0.2, 0.25) is 0 Å². The highest BCUT2D eigenvalue weighted by molar-refractivity contribution is 7.85. The first-order valence-electron chi connectivity index (χ1n) is 11.9. The highest BCUT2D eigenvalue weighted by Gasteiger charge is 2.10. The Labute approximate surface area is 213 Å². The first-order valence-corrected chi connectivity index (χ1v) is 13.2. The van der Waals surface area contributed by atoms with Crippen molar-refractivity contribution in [2.24, 2.45) is 0 Å². The van der Waals surface area contributed by atoms with E-state index >= 15 is 0 Å². The summed E-state index contributed by atoms with van der Waals surface area (Å²) in [5.41, 5.74) is 5.50. The Morgan fingerprint density at radius 1 is 0.944 bits per heavy atom. The van der Waals surface area contributed by atoms with Gasteiger partial charge in [-0.1, -0.05) is 36.4 Å². The largest absolute Gasteiger partial charge is 0.481 e. The van der Waals surface area contributed by atoms with Crippen LogP contribution in [0.15, 0.2) is 65.6 Å². The number of rotatable bonds is 12. The Morgan fingerprint density at radius 3 is 2.28 bits per heavy atom. The molecule has 0 aliphatic rings. The van der Waals surface area contributed by atoms with Crippen molar-refractivity contribution in [2.45, 2.75) is 44.6 Å². The standard InChI is InChI=1S/C29H31F2NO3S/c1-20-5-6-23(14-21(20)2)15-24(25-16-26(30)18-27(31)17-25)4-3-13-36(35)28-9-7-22(8-10-28)19-32-12-11-29(33)34/h5-10,14-18,32H,3-4,11-13,19H2,1-2H3,(H,33,34). The first kappa shape index (κ1) is 27.4. The molecule has 2 N–H and O–H groups in total. The van der Waals surface area contributed by atoms with E-state index in [1.54, 1.807) is 0 Å². The predicted molar refractivity (Wildman–Crippen MR) is 141 cm³/mol. The number of aryl methyl sites for hydroxylation is 2. The van der Waals surface area contributed by atoms with Crippen LogP contribution in [0.4, 0.5) is 8.78 Å². The van der Waals surface area contributed by atoms with Gasteiger partial charge in [-0.2, -0.15) is 0 Å². The minimum Gasteiger partial charge on any atom is -0.481 e. The van der Waals surface area contributed by atoms with Gasteiger partial charge in [-0.25, -0.2) is 8.78 Å². The fourth-order valence-corrected chi connectivity index (χ4v) is 4.88. The molecule has 3 aromatic carbocycles. The topological polar surface area (TPSA) is 66.4 Å². The van der Waals surface area contributed by atoms with Crippen LogP contribution < -0.4 is 5.32 Å². The number of nitrogens with one attached hydrogen (secondary N) is 1. The van der Waals surface area contributed by atoms with E-state index < -0.39 is 28.4 Å². The molecule has 0 bridgehead atoms. The minimum absolute atomic E-state index is 0.0598. The summed E-state index contributed by atoms with van der Waals surface area (Å²) in [6.07, 6.45) is 3.10. The van der Waals surface area contributed by atoms with Crippen LogP contribution >= 0.6 is 0 Å². The maximum atomic E-state index is 13.9. The van der Waals surface area contributed by atoms with Gasteiger partial charge in [0.1, 0.15) is 11.6 Å². The normalized spacial score (nSPS) is 12.5. The van der Waals surface area contributed by atoms with E-state index in [-0.39, 0.29) is 6.42 Å². The number of allylic oxidation sites excluding steroid dienone is 1. The van der Waals surface area contributed by atoms with E-state index in [2.05, 4.69) is 5.32 Å². The number of benzene rings is 3. The SMILES string of the molecule is Cc1ccc(C=C(CCCS(=O)c2ccc(CNCCC(=O)O)cc2)c2cc(F)cc(F)c2)cc1C. The van der Waals surface area contributed by atoms with Gasteiger partial charge in [0, 0.05) is 29.8 Å². The van der Waals surface area contributed by atoms with Crippen LogP contribution in [-0.4, -0.2) is 27.6 Å². The molecule has 0 spiro atoms. The summed E-state index contributed by atoms with van der Waals surface area (Å²) >= 11 is 0. The lowest BCUT2D eigenvalue weighted by Gasteiger charge is -2.11. The number of halogens is 2. The quantitative estimate of drug-likeness (QED) is 0.222. The molecule has 1 atom stereocenters. The van der Waals surface area contributed by atoms with Crippen molar-refractivity contribution >= 4 is 28.4 Å². The van der Waals surface area contributed by atoms with Crippen molar-refractivity contribution in [2.75, 3.05) is 12.3 Å². The molecule has 36 heavy (non-hydrogen) atoms. The lowest BCUT2D eigenvalue weighted by atomic mass is 9.97. The average Bonchev–Trinajstić information content (AvgIpc) is 2.83. The van der Waals surface area contributed by atoms with Crippen LogP contribution in [0.1, 0.15) is 47.1 Å². The Balaban J connectivity index is 1.65. The van der Waals surface area contributed by atoms with Crippen LogP contribution in [0, 0.1) is 25.5 Å². The van der Waals surface area contributed by atoms with Gasteiger partial charge in [-0.15, -0.1) is 0 Å². The number of hydrogen-bond acceptors (Lipinski definition) is 3. The fourth-order valence-electron chi connectivity index (χ4n) is 3.79. The Morgan fingerprint density at radius 2 is 1.64 bits per heavy atom. The number of carboxylic acids is 1. The molecule has 0 heterocycles. The molecular formula is C29H31F2NO3S. The van der Waals surface area contributed by atoms with E-state index in [4.69, 9.17) is 5.11 Å². The lowest BCUT2D eigenvalue weighted by Crippen LogP contribution is -2.17. The molecule has 1 unspecified atom stereocenters. The molecule has 0 saturated heterocycles. The van der Waals surface area contributed by atoms with Crippen molar-refractivity contribution in [3.63, 3.8) is 0 Å². The summed E-state index contributed by atoms with van der Waals surface area (Å²) in [7, 11) is -1.21. The molecule has 3 aromatic rings. The van der Waals surface area contributed by atoms with E-state index in [1.807, 2.05) is 62.4 Å². The summed E-state index contributed by atoms with van der Waals surface area (Å²) in [5.74, 6) is -1.69. The zero-order chi connectivity index (χ0) is 26.1. The van der Waals surface area contributed by atoms with E-state index in [1.165, 1.54) is 17.7 Å². The molecule has 0 fully saturated rings. The number of carboxylic acid groups (broad SMARTS) is 1. The van der Waals surface area contributed by atoms with Crippen LogP contribution in [0.25, 0.3) is 11.6 Å². The van der Waals surface area contributed by atoms with E-state index in [9.17, 15) is 17.8 Å². The van der Waals surface area contributed by atoms with Crippen molar-refractivity contribution in [3.8, 4) is 0 Å². The molecule has 4 nitrogen and oxygen atoms in total. The van der Waals surface area contributed by atoms with Crippen molar-refractivity contribution in [3.05, 3.63) is 100 Å². The molecule has 0 aromatic heterocycles. The predicted octanol–water partition coefficient (Wildman–Crippen LogP) is 6.27. The van der Waals surface area contributed by atoms with Gasteiger partial charge >= 0.3 is 5.97 Å². The van der Waals surface area contributed by atoms with Gasteiger partial charge in [-0.05, 0) is 84.3 Å². The third-order valence-electron chi connectivity index (χ3n) is 5.91. The van der Waals surface area contributed by atoms with Gasteiger partial charge in [0.15, 0.2) is 0 Å². The fraction of sp³-hybridized carbons (Fsp3) is 0.276. The number of carbonyl (C=O) groups is 1. The molecule has 0 aliphatic heterocycles. The lowest BCUT2D eigenvalue weighted by molar-refractivity contribution is -0.136. The second kappa shape index (κ2) is 13.2. The number of hydrogen-bond donors (Lipinski definition) is 2. The van der Waals surface area contributed by atoms with E-state index in [0.29, 0.717) is 42.1 Å². The maximum absolute atomic E-state index is 13.9. The molecule has 0 saturated carbocycles. The van der Waals surface area contributed by atoms with Crippen LogP contribution in [0.3, 0.4) is 0 Å². The molecule has 7 heteroatoms. The summed E-state index contributed by atoms with van der Waals surface area (Å²) < 4.78 is 40.7. The van der Waals surface area contributed by atoms with Crippen LogP contribution in [-0.2, 0) is 22.1 Å². The van der Waals surface area contributed by atoms with Gasteiger partial charge < -0.3 is 10.4 Å². The zero-order valence-electron chi connectivity index (χ0n) is 20.5. The first-order chi connectivity index (χ1) is 17.2. The molecule has 190 valence electrons. The summed E-state index contributed by atoms with van der Waals surface area (Å²) in [4.78, 5) is 11.3. The summed E-state index contributed by atoms with van der Waals surface area (Å²) in [5, 5.41) is 11.7. The van der Waals surface area contributed by atoms with Crippen molar-refractivity contribution in [1.29, 1.82) is 0 Å². The highest BCUT2D eigenvalue weighted by Crippen LogP contribution is 2.26. The summed E-state index contributed by atoms with van der Waals surface area (Å²) in [6.45, 7) is 4.98. The molecule has 0 amide bonds. The maximum Gasteiger partial charge on any atom is 0.304 e. The number of aliphatic carboxylic acids is 1. The minimum atomic E-state index is -1.21. The monoisotopic (exact) mass is 511 g/mol. The van der Waals surface area contributed by atoms with Gasteiger partial charge in [0.25, 0.3) is 0 Å². The third-order valence-corrected chi connectivity index (χ3v) is 7.37. The van der Waals surface area contributed by atoms with Gasteiger partial charge in [0.05, 0.1) is 17.2 Å². The highest BCUT2D eigenvalue weighted by atomic mass is 32.2. The third kappa shape index (κ3) is 8.50. The van der Waals surface area contributed by atoms with Crippen molar-refractivity contribution < 1.29 is 22.9 Å². The average molecular weight is 512 g/mol. The Hall–Kier alpha value is -3.16. The van der Waals surface area contributed by atoms with Crippen LogP contribution in [0.5, 0.6) is 0 Å². The molecule has 0 radical (unpaired) electrons. The zero-order valence-corrected chi connectivity index (χ0v) is 21.3. The second-order valence-corrected chi connectivity index (χ2v) is 10.4. The second-order valence-electron chi connectivity index (χ2n) is 8.79. The van der Waals surface area contributed by atoms with Crippen molar-refractivity contribution in [1.82, 2.24) is 5.32 Å². The van der Waals surface area contributed by atoms with Gasteiger partial charge in [-0.3, -0.25) is 9.00 Å². The molecule has 3 rings (SSSR count). The van der Waals surface area contributed by atoms with E-state index in [0.717, 1.165) is 28.3 Å². The smallest absolute Gasteiger partial charge is 0.304 e. The Bertz CT molecular complexity index is 1240.